The molecule has 2 aliphatic rings. The molecule has 0 bridgehead atoms. The number of dihydropyridines is 1. The third-order valence-corrected chi connectivity index (χ3v) is 6.09. The molecule has 1 aliphatic carbocycles. The van der Waals surface area contributed by atoms with Crippen LogP contribution in [0.2, 0.25) is 5.02 Å². The lowest BCUT2D eigenvalue weighted by Crippen LogP contribution is -2.46. The van der Waals surface area contributed by atoms with Crippen LogP contribution in [0.15, 0.2) is 41.0 Å². The molecule has 1 aliphatic heterocycles. The Hall–Kier alpha value is -1.37. The van der Waals surface area contributed by atoms with Gasteiger partial charge in [0, 0.05) is 23.8 Å². The molecule has 0 saturated heterocycles. The molecular weight excluding hydrogens is 360 g/mol. The van der Waals surface area contributed by atoms with Gasteiger partial charge in [-0.1, -0.05) is 30.7 Å². The monoisotopic (exact) mass is 382 g/mol. The average Bonchev–Trinajstić information content (AvgIpc) is 2.46. The number of nitrogens with one attached hydrogen (secondary N) is 1. The van der Waals surface area contributed by atoms with Gasteiger partial charge in [-0.25, -0.2) is 8.42 Å². The van der Waals surface area contributed by atoms with E-state index in [4.69, 9.17) is 16.3 Å². The van der Waals surface area contributed by atoms with Gasteiger partial charge in [-0.2, -0.15) is 0 Å². The van der Waals surface area contributed by atoms with Crippen LogP contribution in [0.5, 0.6) is 0 Å². The van der Waals surface area contributed by atoms with Crippen molar-refractivity contribution < 1.29 is 13.2 Å². The first kappa shape index (κ1) is 18.4. The van der Waals surface area contributed by atoms with E-state index in [-0.39, 0.29) is 11.6 Å². The molecule has 1 saturated carbocycles. The van der Waals surface area contributed by atoms with E-state index in [1.807, 2.05) is 18.2 Å². The molecule has 5 nitrogen and oxygen atoms in total. The molecule has 7 heteroatoms. The van der Waals surface area contributed by atoms with Gasteiger partial charge in [-0.05, 0) is 48.4 Å². The Balaban J connectivity index is 1.77. The van der Waals surface area contributed by atoms with Crippen LogP contribution in [-0.4, -0.2) is 34.2 Å². The predicted molar refractivity (Wildman–Crippen MR) is 100 cm³/mol. The second-order valence-electron chi connectivity index (χ2n) is 7.12. The molecule has 25 heavy (non-hydrogen) atoms. The van der Waals surface area contributed by atoms with Crippen molar-refractivity contribution >= 4 is 27.8 Å². The fourth-order valence-electron chi connectivity index (χ4n) is 3.79. The number of hydrogen-bond donors (Lipinski definition) is 1. The highest BCUT2D eigenvalue weighted by atomic mass is 35.5. The summed E-state index contributed by atoms with van der Waals surface area (Å²) in [6, 6.07) is 7.99. The minimum Gasteiger partial charge on any atom is -0.359 e. The SMILES string of the molecule is COC1N=CC(NS(C)(=O)=O)=CC1(C)C1CC(c2ccc(Cl)cc2)C1. The van der Waals surface area contributed by atoms with E-state index in [0.29, 0.717) is 17.5 Å². The highest BCUT2D eigenvalue weighted by Gasteiger charge is 2.48. The zero-order chi connectivity index (χ0) is 18.2. The van der Waals surface area contributed by atoms with Crippen LogP contribution in [0.4, 0.5) is 0 Å². The van der Waals surface area contributed by atoms with E-state index in [1.54, 1.807) is 7.11 Å². The summed E-state index contributed by atoms with van der Waals surface area (Å²) in [7, 11) is -1.70. The highest BCUT2D eigenvalue weighted by Crippen LogP contribution is 2.53. The number of halogens is 1. The van der Waals surface area contributed by atoms with Crippen LogP contribution in [0, 0.1) is 11.3 Å². The summed E-state index contributed by atoms with van der Waals surface area (Å²) in [5.74, 6) is 0.856. The molecule has 0 amide bonds. The number of benzene rings is 1. The number of hydrogen-bond acceptors (Lipinski definition) is 4. The first-order chi connectivity index (χ1) is 11.7. The second kappa shape index (κ2) is 6.74. The minimum atomic E-state index is -3.33. The average molecular weight is 383 g/mol. The Labute approximate surface area is 154 Å². The Kier molecular flexibility index (Phi) is 4.97. The lowest BCUT2D eigenvalue weighted by atomic mass is 9.58. The zero-order valence-corrected chi connectivity index (χ0v) is 16.1. The van der Waals surface area contributed by atoms with Gasteiger partial charge >= 0.3 is 0 Å². The topological polar surface area (TPSA) is 67.8 Å². The summed E-state index contributed by atoms with van der Waals surface area (Å²) in [5.41, 5.74) is 1.45. The Morgan fingerprint density at radius 1 is 1.28 bits per heavy atom. The van der Waals surface area contributed by atoms with Gasteiger partial charge in [-0.15, -0.1) is 0 Å². The van der Waals surface area contributed by atoms with Crippen molar-refractivity contribution in [1.29, 1.82) is 0 Å². The van der Waals surface area contributed by atoms with Crippen molar-refractivity contribution in [3.05, 3.63) is 46.6 Å². The molecule has 1 N–H and O–H groups in total. The fourth-order valence-corrected chi connectivity index (χ4v) is 4.45. The molecule has 1 aromatic carbocycles. The van der Waals surface area contributed by atoms with Gasteiger partial charge in [0.15, 0.2) is 6.23 Å². The summed E-state index contributed by atoms with van der Waals surface area (Å²) >= 11 is 5.96. The molecule has 3 rings (SSSR count). The molecule has 0 aromatic heterocycles. The molecule has 1 fully saturated rings. The smallest absolute Gasteiger partial charge is 0.229 e. The maximum atomic E-state index is 11.5. The summed E-state index contributed by atoms with van der Waals surface area (Å²) in [4.78, 5) is 4.42. The van der Waals surface area contributed by atoms with Crippen molar-refractivity contribution in [2.45, 2.75) is 31.9 Å². The maximum absolute atomic E-state index is 11.5. The number of allylic oxidation sites excluding steroid dienone is 1. The van der Waals surface area contributed by atoms with Crippen LogP contribution < -0.4 is 4.72 Å². The lowest BCUT2D eigenvalue weighted by molar-refractivity contribution is -0.0324. The first-order valence-corrected chi connectivity index (χ1v) is 10.5. The van der Waals surface area contributed by atoms with Gasteiger partial charge in [0.05, 0.1) is 12.0 Å². The Morgan fingerprint density at radius 2 is 1.92 bits per heavy atom. The van der Waals surface area contributed by atoms with Gasteiger partial charge in [0.2, 0.25) is 10.0 Å². The van der Waals surface area contributed by atoms with Crippen molar-refractivity contribution in [1.82, 2.24) is 4.72 Å². The van der Waals surface area contributed by atoms with Crippen LogP contribution in [-0.2, 0) is 14.8 Å². The van der Waals surface area contributed by atoms with Crippen LogP contribution in [0.1, 0.15) is 31.2 Å². The van der Waals surface area contributed by atoms with Crippen molar-refractivity contribution in [3.63, 3.8) is 0 Å². The molecular formula is C18H23ClN2O3S. The zero-order valence-electron chi connectivity index (χ0n) is 14.6. The molecule has 0 spiro atoms. The van der Waals surface area contributed by atoms with E-state index < -0.39 is 10.0 Å². The predicted octanol–water partition coefficient (Wildman–Crippen LogP) is 3.33. The van der Waals surface area contributed by atoms with E-state index in [0.717, 1.165) is 24.1 Å². The highest BCUT2D eigenvalue weighted by molar-refractivity contribution is 7.88. The van der Waals surface area contributed by atoms with Crippen LogP contribution >= 0.6 is 11.6 Å². The number of ether oxygens (including phenoxy) is 1. The number of rotatable bonds is 5. The molecule has 2 unspecified atom stereocenters. The number of sulfonamides is 1. The van der Waals surface area contributed by atoms with Gasteiger partial charge in [-0.3, -0.25) is 9.71 Å². The van der Waals surface area contributed by atoms with Gasteiger partial charge < -0.3 is 4.74 Å². The number of methoxy groups -OCH3 is 1. The largest absolute Gasteiger partial charge is 0.359 e. The van der Waals surface area contributed by atoms with Crippen LogP contribution in [0.25, 0.3) is 0 Å². The normalized spacial score (nSPS) is 32.0. The summed E-state index contributed by atoms with van der Waals surface area (Å²) in [5, 5.41) is 0.743. The third kappa shape index (κ3) is 3.91. The maximum Gasteiger partial charge on any atom is 0.229 e. The molecule has 136 valence electrons. The molecule has 2 atom stereocenters. The van der Waals surface area contributed by atoms with Crippen molar-refractivity contribution in [2.24, 2.45) is 16.3 Å². The molecule has 1 aromatic rings. The third-order valence-electron chi connectivity index (χ3n) is 5.23. The summed E-state index contributed by atoms with van der Waals surface area (Å²) in [6.45, 7) is 2.09. The lowest BCUT2D eigenvalue weighted by Gasteiger charge is -2.49. The van der Waals surface area contributed by atoms with E-state index in [9.17, 15) is 8.42 Å². The Bertz CT molecular complexity index is 798. The van der Waals surface area contributed by atoms with Gasteiger partial charge in [0.1, 0.15) is 0 Å². The minimum absolute atomic E-state index is 0.311. The summed E-state index contributed by atoms with van der Waals surface area (Å²) < 4.78 is 31.1. The summed E-state index contributed by atoms with van der Waals surface area (Å²) in [6.07, 6.45) is 6.34. The Morgan fingerprint density at radius 3 is 2.48 bits per heavy atom. The molecule has 0 radical (unpaired) electrons. The number of nitrogens with zero attached hydrogens (tertiary/aromatic N) is 1. The number of aliphatic imine (C=N–C) groups is 1. The quantitative estimate of drug-likeness (QED) is 0.849. The standard InChI is InChI=1S/C18H23ClN2O3S/c1-18(10-16(21-25(3,22)23)11-20-17(18)24-2)14-8-13(9-14)12-4-6-15(19)7-5-12/h4-7,10-11,13-14,17,21H,8-9H2,1-3H3. The van der Waals surface area contributed by atoms with Crippen molar-refractivity contribution in [3.8, 4) is 0 Å². The second-order valence-corrected chi connectivity index (χ2v) is 9.31. The van der Waals surface area contributed by atoms with E-state index in [1.165, 1.54) is 11.8 Å². The fraction of sp³-hybridized carbons (Fsp3) is 0.500. The van der Waals surface area contributed by atoms with Crippen LogP contribution in [0.3, 0.4) is 0 Å². The first-order valence-electron chi connectivity index (χ1n) is 8.23. The van der Waals surface area contributed by atoms with Gasteiger partial charge in [0.25, 0.3) is 0 Å². The van der Waals surface area contributed by atoms with E-state index >= 15 is 0 Å². The van der Waals surface area contributed by atoms with E-state index in [2.05, 4.69) is 28.8 Å². The van der Waals surface area contributed by atoms with Crippen molar-refractivity contribution in [2.75, 3.05) is 13.4 Å². The molecule has 1 heterocycles.